The Morgan fingerprint density at radius 1 is 1.37 bits per heavy atom. The summed E-state index contributed by atoms with van der Waals surface area (Å²) in [7, 11) is 0. The highest BCUT2D eigenvalue weighted by molar-refractivity contribution is 5.48. The molecule has 2 aromatic rings. The molecular formula is C13H17N5O. The van der Waals surface area contributed by atoms with Crippen LogP contribution in [0.15, 0.2) is 22.9 Å². The average molecular weight is 259 g/mol. The van der Waals surface area contributed by atoms with Crippen LogP contribution >= 0.6 is 0 Å². The normalized spacial score (nSPS) is 16.7. The van der Waals surface area contributed by atoms with E-state index >= 15 is 0 Å². The zero-order valence-corrected chi connectivity index (χ0v) is 11.0. The summed E-state index contributed by atoms with van der Waals surface area (Å²) in [5.74, 6) is 1.22. The molecule has 0 spiro atoms. The standard InChI is InChI=1S/C13H17N5O/c1-10-2-3-15-11(8-10)13-16-12(19-17-13)9-18-6-4-14-5-7-18/h2-3,8,14H,4-7,9H2,1H3. The maximum atomic E-state index is 5.30. The second-order valence-electron chi connectivity index (χ2n) is 4.76. The van der Waals surface area contributed by atoms with E-state index in [1.54, 1.807) is 6.20 Å². The van der Waals surface area contributed by atoms with E-state index in [1.165, 1.54) is 0 Å². The number of aromatic nitrogens is 3. The van der Waals surface area contributed by atoms with Gasteiger partial charge in [-0.2, -0.15) is 4.98 Å². The fraction of sp³-hybridized carbons (Fsp3) is 0.462. The second-order valence-corrected chi connectivity index (χ2v) is 4.76. The number of rotatable bonds is 3. The van der Waals surface area contributed by atoms with E-state index in [9.17, 15) is 0 Å². The van der Waals surface area contributed by atoms with Gasteiger partial charge >= 0.3 is 0 Å². The van der Waals surface area contributed by atoms with Crippen LogP contribution in [0.3, 0.4) is 0 Å². The Kier molecular flexibility index (Phi) is 3.52. The average Bonchev–Trinajstić information content (AvgIpc) is 2.88. The van der Waals surface area contributed by atoms with Crippen LogP contribution in [0.2, 0.25) is 0 Å². The summed E-state index contributed by atoms with van der Waals surface area (Å²) >= 11 is 0. The topological polar surface area (TPSA) is 67.1 Å². The van der Waals surface area contributed by atoms with Gasteiger partial charge in [-0.15, -0.1) is 0 Å². The van der Waals surface area contributed by atoms with Crippen molar-refractivity contribution in [3.8, 4) is 11.5 Å². The quantitative estimate of drug-likeness (QED) is 0.881. The summed E-state index contributed by atoms with van der Waals surface area (Å²) in [4.78, 5) is 11.0. The van der Waals surface area contributed by atoms with Crippen LogP contribution in [-0.2, 0) is 6.54 Å². The minimum absolute atomic E-state index is 0.564. The summed E-state index contributed by atoms with van der Waals surface area (Å²) in [6.45, 7) is 6.79. The van der Waals surface area contributed by atoms with E-state index in [-0.39, 0.29) is 0 Å². The summed E-state index contributed by atoms with van der Waals surface area (Å²) in [5.41, 5.74) is 1.90. The van der Waals surface area contributed by atoms with Crippen molar-refractivity contribution in [3.05, 3.63) is 29.8 Å². The monoisotopic (exact) mass is 259 g/mol. The maximum Gasteiger partial charge on any atom is 0.241 e. The zero-order chi connectivity index (χ0) is 13.1. The molecule has 1 aliphatic rings. The van der Waals surface area contributed by atoms with Gasteiger partial charge in [0.2, 0.25) is 11.7 Å². The molecule has 1 saturated heterocycles. The Morgan fingerprint density at radius 3 is 3.00 bits per heavy atom. The highest BCUT2D eigenvalue weighted by atomic mass is 16.5. The van der Waals surface area contributed by atoms with Crippen LogP contribution in [0.5, 0.6) is 0 Å². The molecule has 1 aliphatic heterocycles. The molecule has 0 bridgehead atoms. The number of nitrogens with zero attached hydrogens (tertiary/aromatic N) is 4. The van der Waals surface area contributed by atoms with Crippen molar-refractivity contribution in [2.24, 2.45) is 0 Å². The molecule has 0 radical (unpaired) electrons. The summed E-state index contributed by atoms with van der Waals surface area (Å²) in [6, 6.07) is 3.91. The van der Waals surface area contributed by atoms with Gasteiger partial charge < -0.3 is 9.84 Å². The first kappa shape index (κ1) is 12.3. The Hall–Kier alpha value is -1.79. The molecule has 6 heteroatoms. The molecule has 19 heavy (non-hydrogen) atoms. The molecule has 3 rings (SSSR count). The molecule has 0 saturated carbocycles. The molecule has 3 heterocycles. The van der Waals surface area contributed by atoms with E-state index < -0.39 is 0 Å². The number of aryl methyl sites for hydroxylation is 1. The Labute approximate surface area is 111 Å². The van der Waals surface area contributed by atoms with Crippen LogP contribution in [0.25, 0.3) is 11.5 Å². The lowest BCUT2D eigenvalue weighted by atomic mass is 10.2. The number of hydrogen-bond acceptors (Lipinski definition) is 6. The molecule has 0 aliphatic carbocycles. The fourth-order valence-electron chi connectivity index (χ4n) is 2.14. The van der Waals surface area contributed by atoms with E-state index in [0.717, 1.165) is 37.4 Å². The van der Waals surface area contributed by atoms with Gasteiger partial charge in [0.05, 0.1) is 6.54 Å². The molecule has 0 atom stereocenters. The molecule has 1 fully saturated rings. The number of piperazine rings is 1. The van der Waals surface area contributed by atoms with E-state index in [2.05, 4.69) is 25.3 Å². The third-order valence-corrected chi connectivity index (χ3v) is 3.18. The van der Waals surface area contributed by atoms with Gasteiger partial charge in [0.1, 0.15) is 5.69 Å². The van der Waals surface area contributed by atoms with Gasteiger partial charge in [0, 0.05) is 32.4 Å². The van der Waals surface area contributed by atoms with Gasteiger partial charge in [0.25, 0.3) is 0 Å². The molecule has 0 amide bonds. The first-order chi connectivity index (χ1) is 9.31. The van der Waals surface area contributed by atoms with Gasteiger partial charge in [-0.1, -0.05) is 5.16 Å². The van der Waals surface area contributed by atoms with Crippen LogP contribution in [-0.4, -0.2) is 46.2 Å². The van der Waals surface area contributed by atoms with Crippen LogP contribution in [0.1, 0.15) is 11.5 Å². The highest BCUT2D eigenvalue weighted by Gasteiger charge is 2.15. The Morgan fingerprint density at radius 2 is 2.21 bits per heavy atom. The first-order valence-electron chi connectivity index (χ1n) is 6.50. The van der Waals surface area contributed by atoms with Crippen LogP contribution < -0.4 is 5.32 Å². The van der Waals surface area contributed by atoms with E-state index in [0.29, 0.717) is 18.3 Å². The van der Waals surface area contributed by atoms with Gasteiger partial charge in [0.15, 0.2) is 0 Å². The van der Waals surface area contributed by atoms with Gasteiger partial charge in [-0.05, 0) is 24.6 Å². The summed E-state index contributed by atoms with van der Waals surface area (Å²) < 4.78 is 5.30. The lowest BCUT2D eigenvalue weighted by Crippen LogP contribution is -2.42. The molecule has 1 N–H and O–H groups in total. The van der Waals surface area contributed by atoms with E-state index in [1.807, 2.05) is 19.1 Å². The minimum Gasteiger partial charge on any atom is -0.337 e. The molecule has 100 valence electrons. The van der Waals surface area contributed by atoms with Crippen molar-refractivity contribution in [1.82, 2.24) is 25.3 Å². The molecular weight excluding hydrogens is 242 g/mol. The lowest BCUT2D eigenvalue weighted by molar-refractivity contribution is 0.203. The second kappa shape index (κ2) is 5.46. The van der Waals surface area contributed by atoms with Gasteiger partial charge in [-0.3, -0.25) is 9.88 Å². The van der Waals surface area contributed by atoms with Crippen LogP contribution in [0, 0.1) is 6.92 Å². The van der Waals surface area contributed by atoms with E-state index in [4.69, 9.17) is 4.52 Å². The smallest absolute Gasteiger partial charge is 0.241 e. The highest BCUT2D eigenvalue weighted by Crippen LogP contribution is 2.14. The van der Waals surface area contributed by atoms with Gasteiger partial charge in [-0.25, -0.2) is 0 Å². The summed E-state index contributed by atoms with van der Waals surface area (Å²) in [5, 5.41) is 7.32. The third kappa shape index (κ3) is 2.97. The molecule has 6 nitrogen and oxygen atoms in total. The molecule has 0 unspecified atom stereocenters. The molecule has 0 aromatic carbocycles. The van der Waals surface area contributed by atoms with Crippen LogP contribution in [0.4, 0.5) is 0 Å². The number of hydrogen-bond donors (Lipinski definition) is 1. The SMILES string of the molecule is Cc1ccnc(-c2noc(CN3CCNCC3)n2)c1. The lowest BCUT2D eigenvalue weighted by Gasteiger charge is -2.25. The Bertz CT molecular complexity index is 547. The third-order valence-electron chi connectivity index (χ3n) is 3.18. The van der Waals surface area contributed by atoms with Crippen molar-refractivity contribution in [2.45, 2.75) is 13.5 Å². The van der Waals surface area contributed by atoms with Crippen molar-refractivity contribution < 1.29 is 4.52 Å². The number of nitrogens with one attached hydrogen (secondary N) is 1. The predicted molar refractivity (Wildman–Crippen MR) is 70.4 cm³/mol. The largest absolute Gasteiger partial charge is 0.337 e. The van der Waals surface area contributed by atoms with Crippen molar-refractivity contribution >= 4 is 0 Å². The predicted octanol–water partition coefficient (Wildman–Crippen LogP) is 0.845. The summed E-state index contributed by atoms with van der Waals surface area (Å²) in [6.07, 6.45) is 1.76. The fourth-order valence-corrected chi connectivity index (χ4v) is 2.14. The number of pyridine rings is 1. The first-order valence-corrected chi connectivity index (χ1v) is 6.50. The Balaban J connectivity index is 1.72. The zero-order valence-electron chi connectivity index (χ0n) is 11.0. The minimum atomic E-state index is 0.564. The van der Waals surface area contributed by atoms with Crippen molar-refractivity contribution in [1.29, 1.82) is 0 Å². The van der Waals surface area contributed by atoms with Crippen molar-refractivity contribution in [3.63, 3.8) is 0 Å². The maximum absolute atomic E-state index is 5.30. The van der Waals surface area contributed by atoms with Crippen molar-refractivity contribution in [2.75, 3.05) is 26.2 Å². The molecule has 2 aromatic heterocycles.